The summed E-state index contributed by atoms with van der Waals surface area (Å²) in [6.07, 6.45) is 1.88. The van der Waals surface area contributed by atoms with E-state index in [1.54, 1.807) is 6.07 Å². The SMILES string of the molecule is CSc1cccc(NCc2ccccc2C)c1C(=O)O. The Kier molecular flexibility index (Phi) is 4.69. The normalized spacial score (nSPS) is 10.3. The summed E-state index contributed by atoms with van der Waals surface area (Å²) in [5.74, 6) is -0.901. The molecule has 0 aliphatic heterocycles. The third-order valence-corrected chi connectivity index (χ3v) is 3.97. The van der Waals surface area contributed by atoms with Gasteiger partial charge in [0.15, 0.2) is 0 Å². The van der Waals surface area contributed by atoms with Gasteiger partial charge in [-0.2, -0.15) is 0 Å². The maximum absolute atomic E-state index is 11.4. The summed E-state index contributed by atoms with van der Waals surface area (Å²) in [6, 6.07) is 13.6. The van der Waals surface area contributed by atoms with Gasteiger partial charge in [-0.3, -0.25) is 0 Å². The number of anilines is 1. The summed E-state index contributed by atoms with van der Waals surface area (Å²) < 4.78 is 0. The van der Waals surface area contributed by atoms with E-state index in [0.717, 1.165) is 4.90 Å². The molecule has 0 spiro atoms. The van der Waals surface area contributed by atoms with Crippen LogP contribution in [0.15, 0.2) is 47.4 Å². The molecule has 0 unspecified atom stereocenters. The van der Waals surface area contributed by atoms with Crippen molar-refractivity contribution in [3.05, 3.63) is 59.2 Å². The van der Waals surface area contributed by atoms with Gasteiger partial charge in [0.1, 0.15) is 0 Å². The molecule has 0 radical (unpaired) electrons. The first-order valence-electron chi connectivity index (χ1n) is 6.32. The topological polar surface area (TPSA) is 49.3 Å². The van der Waals surface area contributed by atoms with E-state index in [1.165, 1.54) is 22.9 Å². The van der Waals surface area contributed by atoms with Crippen LogP contribution in [0.5, 0.6) is 0 Å². The van der Waals surface area contributed by atoms with Gasteiger partial charge in [0.25, 0.3) is 0 Å². The smallest absolute Gasteiger partial charge is 0.338 e. The number of nitrogens with one attached hydrogen (secondary N) is 1. The highest BCUT2D eigenvalue weighted by Crippen LogP contribution is 2.27. The molecule has 0 bridgehead atoms. The van der Waals surface area contributed by atoms with Gasteiger partial charge in [-0.25, -0.2) is 4.79 Å². The van der Waals surface area contributed by atoms with Gasteiger partial charge in [-0.05, 0) is 36.4 Å². The molecule has 0 aliphatic carbocycles. The molecular weight excluding hydrogens is 270 g/mol. The van der Waals surface area contributed by atoms with E-state index < -0.39 is 5.97 Å². The van der Waals surface area contributed by atoms with Gasteiger partial charge >= 0.3 is 5.97 Å². The number of aryl methyl sites for hydroxylation is 1. The molecule has 2 aromatic rings. The molecule has 2 rings (SSSR count). The number of hydrogen-bond acceptors (Lipinski definition) is 3. The van der Waals surface area contributed by atoms with E-state index in [-0.39, 0.29) is 0 Å². The van der Waals surface area contributed by atoms with Crippen LogP contribution in [-0.4, -0.2) is 17.3 Å². The van der Waals surface area contributed by atoms with Gasteiger partial charge in [-0.15, -0.1) is 11.8 Å². The predicted octanol–water partition coefficient (Wildman–Crippen LogP) is 4.03. The minimum atomic E-state index is -0.901. The van der Waals surface area contributed by atoms with Crippen LogP contribution in [0.1, 0.15) is 21.5 Å². The van der Waals surface area contributed by atoms with Crippen molar-refractivity contribution in [2.24, 2.45) is 0 Å². The molecule has 0 aromatic heterocycles. The summed E-state index contributed by atoms with van der Waals surface area (Å²) in [7, 11) is 0. The lowest BCUT2D eigenvalue weighted by Crippen LogP contribution is -2.08. The van der Waals surface area contributed by atoms with Crippen molar-refractivity contribution in [2.45, 2.75) is 18.4 Å². The largest absolute Gasteiger partial charge is 0.478 e. The third kappa shape index (κ3) is 3.14. The van der Waals surface area contributed by atoms with Crippen molar-refractivity contribution < 1.29 is 9.90 Å². The van der Waals surface area contributed by atoms with Crippen LogP contribution in [0.4, 0.5) is 5.69 Å². The number of aromatic carboxylic acids is 1. The molecule has 20 heavy (non-hydrogen) atoms. The second-order valence-electron chi connectivity index (χ2n) is 4.47. The van der Waals surface area contributed by atoms with E-state index in [4.69, 9.17) is 0 Å². The number of benzene rings is 2. The third-order valence-electron chi connectivity index (χ3n) is 3.19. The standard InChI is InChI=1S/C16H17NO2S/c1-11-6-3-4-7-12(11)10-17-13-8-5-9-14(20-2)15(13)16(18)19/h3-9,17H,10H2,1-2H3,(H,18,19). The van der Waals surface area contributed by atoms with Crippen LogP contribution in [0.2, 0.25) is 0 Å². The summed E-state index contributed by atoms with van der Waals surface area (Å²) in [6.45, 7) is 2.66. The van der Waals surface area contributed by atoms with Crippen molar-refractivity contribution in [2.75, 3.05) is 11.6 Å². The molecule has 104 valence electrons. The molecule has 0 atom stereocenters. The maximum Gasteiger partial charge on any atom is 0.338 e. The molecule has 0 amide bonds. The summed E-state index contributed by atoms with van der Waals surface area (Å²) in [5, 5.41) is 12.6. The number of hydrogen-bond donors (Lipinski definition) is 2. The zero-order chi connectivity index (χ0) is 14.5. The second-order valence-corrected chi connectivity index (χ2v) is 5.32. The molecule has 2 N–H and O–H groups in total. The molecule has 0 saturated heterocycles. The van der Waals surface area contributed by atoms with Crippen LogP contribution in [0.25, 0.3) is 0 Å². The fourth-order valence-electron chi connectivity index (χ4n) is 2.07. The molecule has 3 nitrogen and oxygen atoms in total. The molecule has 0 aliphatic rings. The van der Waals surface area contributed by atoms with Crippen molar-refractivity contribution >= 4 is 23.4 Å². The van der Waals surface area contributed by atoms with Crippen molar-refractivity contribution in [3.63, 3.8) is 0 Å². The molecule has 2 aromatic carbocycles. The quantitative estimate of drug-likeness (QED) is 0.815. The highest BCUT2D eigenvalue weighted by molar-refractivity contribution is 7.98. The average molecular weight is 287 g/mol. The summed E-state index contributed by atoms with van der Waals surface area (Å²) in [5.41, 5.74) is 3.36. The first-order chi connectivity index (χ1) is 9.63. The number of rotatable bonds is 5. The fourth-order valence-corrected chi connectivity index (χ4v) is 2.68. The maximum atomic E-state index is 11.4. The zero-order valence-electron chi connectivity index (χ0n) is 11.5. The lowest BCUT2D eigenvalue weighted by Gasteiger charge is -2.13. The summed E-state index contributed by atoms with van der Waals surface area (Å²) >= 11 is 1.44. The predicted molar refractivity (Wildman–Crippen MR) is 83.7 cm³/mol. The Morgan fingerprint density at radius 3 is 2.60 bits per heavy atom. The second kappa shape index (κ2) is 6.48. The number of thioether (sulfide) groups is 1. The van der Waals surface area contributed by atoms with Crippen LogP contribution >= 0.6 is 11.8 Å². The van der Waals surface area contributed by atoms with E-state index in [0.29, 0.717) is 17.8 Å². The van der Waals surface area contributed by atoms with Gasteiger partial charge in [0.2, 0.25) is 0 Å². The van der Waals surface area contributed by atoms with E-state index in [1.807, 2.05) is 49.6 Å². The highest BCUT2D eigenvalue weighted by Gasteiger charge is 2.14. The molecule has 0 fully saturated rings. The minimum absolute atomic E-state index is 0.341. The highest BCUT2D eigenvalue weighted by atomic mass is 32.2. The van der Waals surface area contributed by atoms with Gasteiger partial charge in [-0.1, -0.05) is 30.3 Å². The molecule has 4 heteroatoms. The zero-order valence-corrected chi connectivity index (χ0v) is 12.3. The van der Waals surface area contributed by atoms with Crippen LogP contribution in [-0.2, 0) is 6.54 Å². The Morgan fingerprint density at radius 2 is 1.95 bits per heavy atom. The van der Waals surface area contributed by atoms with Crippen LogP contribution in [0.3, 0.4) is 0 Å². The van der Waals surface area contributed by atoms with Crippen molar-refractivity contribution in [1.29, 1.82) is 0 Å². The Labute approximate surface area is 123 Å². The van der Waals surface area contributed by atoms with Crippen molar-refractivity contribution in [1.82, 2.24) is 0 Å². The molecule has 0 saturated carbocycles. The van der Waals surface area contributed by atoms with Gasteiger partial charge < -0.3 is 10.4 Å². The lowest BCUT2D eigenvalue weighted by atomic mass is 10.1. The van der Waals surface area contributed by atoms with E-state index in [2.05, 4.69) is 5.32 Å². The first kappa shape index (κ1) is 14.5. The van der Waals surface area contributed by atoms with Crippen molar-refractivity contribution in [3.8, 4) is 0 Å². The van der Waals surface area contributed by atoms with E-state index >= 15 is 0 Å². The Morgan fingerprint density at radius 1 is 1.20 bits per heavy atom. The number of carbonyl (C=O) groups is 1. The lowest BCUT2D eigenvalue weighted by molar-refractivity contribution is 0.0694. The fraction of sp³-hybridized carbons (Fsp3) is 0.188. The minimum Gasteiger partial charge on any atom is -0.478 e. The van der Waals surface area contributed by atoms with Gasteiger partial charge in [0, 0.05) is 11.4 Å². The van der Waals surface area contributed by atoms with Gasteiger partial charge in [0.05, 0.1) is 11.3 Å². The Hall–Kier alpha value is -1.94. The monoisotopic (exact) mass is 287 g/mol. The average Bonchev–Trinajstić information content (AvgIpc) is 2.45. The summed E-state index contributed by atoms with van der Waals surface area (Å²) in [4.78, 5) is 12.2. The number of carboxylic acid groups (broad SMARTS) is 1. The first-order valence-corrected chi connectivity index (χ1v) is 7.54. The van der Waals surface area contributed by atoms with Crippen LogP contribution in [0, 0.1) is 6.92 Å². The Bertz CT molecular complexity index is 626. The van der Waals surface area contributed by atoms with Crippen LogP contribution < -0.4 is 5.32 Å². The molecular formula is C16H17NO2S. The Balaban J connectivity index is 2.26. The number of carboxylic acids is 1. The molecule has 0 heterocycles. The van der Waals surface area contributed by atoms with E-state index in [9.17, 15) is 9.90 Å².